The summed E-state index contributed by atoms with van der Waals surface area (Å²) in [6, 6.07) is 22.4. The van der Waals surface area contributed by atoms with Crippen molar-refractivity contribution in [2.45, 2.75) is 12.2 Å². The van der Waals surface area contributed by atoms with Crippen LogP contribution < -0.4 is 0 Å². The molecular weight excluding hydrogens is 314 g/mol. The lowest BCUT2D eigenvalue weighted by Gasteiger charge is -2.31. The Bertz CT molecular complexity index is 765. The van der Waals surface area contributed by atoms with Gasteiger partial charge in [-0.15, -0.1) is 0 Å². The lowest BCUT2D eigenvalue weighted by molar-refractivity contribution is -0.166. The molecule has 25 heavy (non-hydrogen) atoms. The van der Waals surface area contributed by atoms with Gasteiger partial charge in [-0.2, -0.15) is 0 Å². The van der Waals surface area contributed by atoms with Crippen molar-refractivity contribution in [2.24, 2.45) is 0 Å². The average Bonchev–Trinajstić information content (AvgIpc) is 2.70. The van der Waals surface area contributed by atoms with Crippen molar-refractivity contribution >= 4 is 5.97 Å². The van der Waals surface area contributed by atoms with E-state index in [0.717, 1.165) is 16.7 Å². The van der Waals surface area contributed by atoms with Gasteiger partial charge >= 0.3 is 5.97 Å². The van der Waals surface area contributed by atoms with E-state index in [1.165, 1.54) is 7.11 Å². The Kier molecular flexibility index (Phi) is 5.21. The smallest absolute Gasteiger partial charge is 0.348 e. The Morgan fingerprint density at radius 1 is 0.920 bits per heavy atom. The molecule has 3 rings (SSSR count). The minimum Gasteiger partial charge on any atom is -0.458 e. The van der Waals surface area contributed by atoms with Gasteiger partial charge in [0.2, 0.25) is 5.60 Å². The first-order valence-corrected chi connectivity index (χ1v) is 7.99. The van der Waals surface area contributed by atoms with Gasteiger partial charge in [-0.1, -0.05) is 66.7 Å². The Morgan fingerprint density at radius 2 is 1.52 bits per heavy atom. The molecule has 0 bridgehead atoms. The zero-order chi connectivity index (χ0) is 17.5. The fourth-order valence-electron chi connectivity index (χ4n) is 2.80. The van der Waals surface area contributed by atoms with E-state index in [2.05, 4.69) is 4.98 Å². The van der Waals surface area contributed by atoms with Gasteiger partial charge in [-0.05, 0) is 17.2 Å². The Hall–Kier alpha value is -2.98. The second-order valence-corrected chi connectivity index (χ2v) is 5.55. The van der Waals surface area contributed by atoms with Crippen molar-refractivity contribution in [3.05, 3.63) is 102 Å². The van der Waals surface area contributed by atoms with Gasteiger partial charge in [-0.25, -0.2) is 4.79 Å². The van der Waals surface area contributed by atoms with Gasteiger partial charge in [0.1, 0.15) is 6.61 Å². The number of aromatic nitrogens is 1. The summed E-state index contributed by atoms with van der Waals surface area (Å²) in [5.41, 5.74) is 0.951. The van der Waals surface area contributed by atoms with Crippen LogP contribution in [-0.2, 0) is 26.5 Å². The topological polar surface area (TPSA) is 48.4 Å². The molecule has 0 N–H and O–H groups in total. The van der Waals surface area contributed by atoms with Crippen LogP contribution in [0.4, 0.5) is 0 Å². The van der Waals surface area contributed by atoms with E-state index >= 15 is 0 Å². The van der Waals surface area contributed by atoms with Gasteiger partial charge in [0.05, 0.1) is 0 Å². The number of hydrogen-bond acceptors (Lipinski definition) is 4. The van der Waals surface area contributed by atoms with Crippen LogP contribution in [0.3, 0.4) is 0 Å². The van der Waals surface area contributed by atoms with Crippen molar-refractivity contribution in [2.75, 3.05) is 7.11 Å². The minimum absolute atomic E-state index is 0.136. The number of pyridine rings is 1. The predicted octanol–water partition coefficient (Wildman–Crippen LogP) is 3.72. The molecule has 0 aliphatic carbocycles. The SMILES string of the molecule is COC(C(=O)OCc1cccnc1)(c1ccccc1)c1ccccc1. The lowest BCUT2D eigenvalue weighted by atomic mass is 9.86. The molecule has 2 aromatic carbocycles. The largest absolute Gasteiger partial charge is 0.458 e. The summed E-state index contributed by atoms with van der Waals surface area (Å²) in [4.78, 5) is 17.1. The van der Waals surface area contributed by atoms with Crippen molar-refractivity contribution < 1.29 is 14.3 Å². The van der Waals surface area contributed by atoms with E-state index in [1.54, 1.807) is 18.5 Å². The number of hydrogen-bond donors (Lipinski definition) is 0. The van der Waals surface area contributed by atoms with Crippen LogP contribution in [0.5, 0.6) is 0 Å². The molecule has 0 atom stereocenters. The summed E-state index contributed by atoms with van der Waals surface area (Å²) >= 11 is 0. The van der Waals surface area contributed by atoms with E-state index in [4.69, 9.17) is 9.47 Å². The zero-order valence-electron chi connectivity index (χ0n) is 14.0. The third-order valence-electron chi connectivity index (χ3n) is 4.05. The Morgan fingerprint density at radius 3 is 2.00 bits per heavy atom. The molecule has 0 saturated heterocycles. The van der Waals surface area contributed by atoms with E-state index in [-0.39, 0.29) is 6.61 Å². The number of nitrogens with zero attached hydrogens (tertiary/aromatic N) is 1. The maximum Gasteiger partial charge on any atom is 0.348 e. The maximum absolute atomic E-state index is 13.1. The van der Waals surface area contributed by atoms with Crippen LogP contribution in [0, 0.1) is 0 Å². The number of carbonyl (C=O) groups excluding carboxylic acids is 1. The number of rotatable bonds is 6. The first-order valence-electron chi connectivity index (χ1n) is 7.99. The zero-order valence-corrected chi connectivity index (χ0v) is 14.0. The highest BCUT2D eigenvalue weighted by molar-refractivity contribution is 5.85. The monoisotopic (exact) mass is 333 g/mol. The van der Waals surface area contributed by atoms with Gasteiger partial charge < -0.3 is 9.47 Å². The fourth-order valence-corrected chi connectivity index (χ4v) is 2.80. The standard InChI is InChI=1S/C21H19NO3/c1-24-21(18-10-4-2-5-11-18,19-12-6-3-7-13-19)20(23)25-16-17-9-8-14-22-15-17/h2-15H,16H2,1H3. The molecule has 4 heteroatoms. The summed E-state index contributed by atoms with van der Waals surface area (Å²) in [6.45, 7) is 0.136. The van der Waals surface area contributed by atoms with E-state index < -0.39 is 11.6 Å². The molecule has 0 spiro atoms. The highest BCUT2D eigenvalue weighted by atomic mass is 16.6. The summed E-state index contributed by atoms with van der Waals surface area (Å²) in [5, 5.41) is 0. The highest BCUT2D eigenvalue weighted by Crippen LogP contribution is 2.34. The molecular formula is C21H19NO3. The lowest BCUT2D eigenvalue weighted by Crippen LogP contribution is -2.40. The van der Waals surface area contributed by atoms with Crippen LogP contribution in [0.25, 0.3) is 0 Å². The average molecular weight is 333 g/mol. The minimum atomic E-state index is -1.31. The molecule has 0 amide bonds. The Labute approximate surface area is 147 Å². The molecule has 3 aromatic rings. The van der Waals surface area contributed by atoms with E-state index in [9.17, 15) is 4.79 Å². The molecule has 0 radical (unpaired) electrons. The summed E-state index contributed by atoms with van der Waals surface area (Å²) < 4.78 is 11.4. The third-order valence-corrected chi connectivity index (χ3v) is 4.05. The number of carbonyl (C=O) groups is 1. The molecule has 0 aliphatic heterocycles. The number of esters is 1. The van der Waals surface area contributed by atoms with E-state index in [0.29, 0.717) is 0 Å². The predicted molar refractivity (Wildman–Crippen MR) is 94.7 cm³/mol. The van der Waals surface area contributed by atoms with Crippen LogP contribution in [0.15, 0.2) is 85.2 Å². The summed E-state index contributed by atoms with van der Waals surface area (Å²) in [7, 11) is 1.52. The fraction of sp³-hybridized carbons (Fsp3) is 0.143. The number of methoxy groups -OCH3 is 1. The molecule has 0 aliphatic rings. The second kappa shape index (κ2) is 7.73. The summed E-state index contributed by atoms with van der Waals surface area (Å²) in [5.74, 6) is -0.462. The first-order chi connectivity index (χ1) is 12.3. The van der Waals surface area contributed by atoms with Crippen LogP contribution >= 0.6 is 0 Å². The van der Waals surface area contributed by atoms with Crippen molar-refractivity contribution in [1.29, 1.82) is 0 Å². The maximum atomic E-state index is 13.1. The van der Waals surface area contributed by atoms with Crippen molar-refractivity contribution in [3.63, 3.8) is 0 Å². The molecule has 0 unspecified atom stereocenters. The third kappa shape index (κ3) is 3.44. The quantitative estimate of drug-likeness (QED) is 0.645. The van der Waals surface area contributed by atoms with Gasteiger partial charge in [0.25, 0.3) is 0 Å². The summed E-state index contributed by atoms with van der Waals surface area (Å²) in [6.07, 6.45) is 3.35. The van der Waals surface area contributed by atoms with Crippen LogP contribution in [-0.4, -0.2) is 18.1 Å². The number of benzene rings is 2. The second-order valence-electron chi connectivity index (χ2n) is 5.55. The first kappa shape index (κ1) is 16.9. The molecule has 0 fully saturated rings. The highest BCUT2D eigenvalue weighted by Gasteiger charge is 2.44. The molecule has 4 nitrogen and oxygen atoms in total. The van der Waals surface area contributed by atoms with Crippen molar-refractivity contribution in [1.82, 2.24) is 4.98 Å². The molecule has 1 aromatic heterocycles. The van der Waals surface area contributed by atoms with Gasteiger partial charge in [0.15, 0.2) is 0 Å². The number of ether oxygens (including phenoxy) is 2. The molecule has 0 saturated carbocycles. The van der Waals surface area contributed by atoms with Crippen LogP contribution in [0.1, 0.15) is 16.7 Å². The Balaban J connectivity index is 1.97. The van der Waals surface area contributed by atoms with Gasteiger partial charge in [0, 0.05) is 25.1 Å². The van der Waals surface area contributed by atoms with E-state index in [1.807, 2.05) is 66.7 Å². The van der Waals surface area contributed by atoms with Gasteiger partial charge in [-0.3, -0.25) is 4.98 Å². The van der Waals surface area contributed by atoms with Crippen LogP contribution in [0.2, 0.25) is 0 Å². The normalized spacial score (nSPS) is 11.1. The van der Waals surface area contributed by atoms with Crippen molar-refractivity contribution in [3.8, 4) is 0 Å². The molecule has 126 valence electrons. The molecule has 1 heterocycles.